The van der Waals surface area contributed by atoms with Gasteiger partial charge in [0.2, 0.25) is 0 Å². The van der Waals surface area contributed by atoms with E-state index in [1.807, 2.05) is 0 Å². The van der Waals surface area contributed by atoms with Gasteiger partial charge in [0.15, 0.2) is 6.61 Å². The van der Waals surface area contributed by atoms with Gasteiger partial charge in [0.1, 0.15) is 5.75 Å². The number of aliphatic hydroxyl groups excluding tert-OH is 2. The Morgan fingerprint density at radius 3 is 2.22 bits per heavy atom. The minimum atomic E-state index is -0.284. The summed E-state index contributed by atoms with van der Waals surface area (Å²) in [6.45, 7) is -0.0618. The van der Waals surface area contributed by atoms with Gasteiger partial charge < -0.3 is 19.8 Å². The second-order valence-electron chi connectivity index (χ2n) is 3.57. The number of ether oxygens (including phenoxy) is 1. The van der Waals surface area contributed by atoms with Gasteiger partial charge in [0, 0.05) is 18.1 Å². The van der Waals surface area contributed by atoms with E-state index >= 15 is 0 Å². The molecule has 0 atom stereocenters. The van der Waals surface area contributed by atoms with Gasteiger partial charge in [-0.15, -0.1) is 0 Å². The number of hydrogen-bond acceptors (Lipinski definition) is 4. The molecule has 0 saturated carbocycles. The Balaban J connectivity index is 2.45. The summed E-state index contributed by atoms with van der Waals surface area (Å²) >= 11 is 5.72. The van der Waals surface area contributed by atoms with Crippen LogP contribution >= 0.6 is 11.6 Å². The standard InChI is InChI=1S/C12H16ClNO4/c13-10-1-3-11(4-2-10)18-9-12(17)14(5-7-15)6-8-16/h1-4,15-16H,5-9H2. The molecule has 1 amide bonds. The molecule has 1 aromatic rings. The first-order valence-electron chi connectivity index (χ1n) is 5.55. The predicted molar refractivity (Wildman–Crippen MR) is 67.7 cm³/mol. The number of hydrogen-bond donors (Lipinski definition) is 2. The highest BCUT2D eigenvalue weighted by Crippen LogP contribution is 2.15. The van der Waals surface area contributed by atoms with Crippen LogP contribution in [0.15, 0.2) is 24.3 Å². The van der Waals surface area contributed by atoms with Crippen molar-refractivity contribution in [2.45, 2.75) is 0 Å². The van der Waals surface area contributed by atoms with Crippen LogP contribution < -0.4 is 4.74 Å². The largest absolute Gasteiger partial charge is 0.484 e. The normalized spacial score (nSPS) is 10.2. The number of nitrogens with zero attached hydrogens (tertiary/aromatic N) is 1. The molecular formula is C12H16ClNO4. The molecule has 0 aliphatic heterocycles. The summed E-state index contributed by atoms with van der Waals surface area (Å²) in [5.74, 6) is 0.258. The summed E-state index contributed by atoms with van der Waals surface area (Å²) in [6.07, 6.45) is 0. The SMILES string of the molecule is O=C(COc1ccc(Cl)cc1)N(CCO)CCO. The van der Waals surface area contributed by atoms with Crippen molar-refractivity contribution in [1.29, 1.82) is 0 Å². The Kier molecular flexibility index (Phi) is 6.49. The third-order valence-electron chi connectivity index (χ3n) is 2.27. The number of carbonyl (C=O) groups excluding carboxylic acids is 1. The summed E-state index contributed by atoms with van der Waals surface area (Å²) in [4.78, 5) is 13.1. The van der Waals surface area contributed by atoms with Gasteiger partial charge in [0.25, 0.3) is 5.91 Å². The zero-order chi connectivity index (χ0) is 13.4. The van der Waals surface area contributed by atoms with Crippen LogP contribution in [-0.4, -0.2) is 53.9 Å². The third kappa shape index (κ3) is 4.91. The first-order chi connectivity index (χ1) is 8.67. The summed E-state index contributed by atoms with van der Waals surface area (Å²) in [6, 6.07) is 6.66. The van der Waals surface area contributed by atoms with E-state index in [0.717, 1.165) is 0 Å². The quantitative estimate of drug-likeness (QED) is 0.760. The van der Waals surface area contributed by atoms with Crippen LogP contribution in [0.25, 0.3) is 0 Å². The second-order valence-corrected chi connectivity index (χ2v) is 4.01. The summed E-state index contributed by atoms with van der Waals surface area (Å²) in [7, 11) is 0. The molecule has 6 heteroatoms. The average Bonchev–Trinajstić information content (AvgIpc) is 2.37. The molecule has 0 aromatic heterocycles. The maximum Gasteiger partial charge on any atom is 0.260 e. The first-order valence-corrected chi connectivity index (χ1v) is 5.93. The third-order valence-corrected chi connectivity index (χ3v) is 2.52. The van der Waals surface area contributed by atoms with Crippen molar-refractivity contribution in [3.05, 3.63) is 29.3 Å². The summed E-state index contributed by atoms with van der Waals surface area (Å²) in [5.41, 5.74) is 0. The molecule has 0 saturated heterocycles. The van der Waals surface area contributed by atoms with Crippen molar-refractivity contribution in [3.8, 4) is 5.75 Å². The molecule has 100 valence electrons. The Hall–Kier alpha value is -1.30. The lowest BCUT2D eigenvalue weighted by molar-refractivity contribution is -0.134. The van der Waals surface area contributed by atoms with Gasteiger partial charge in [0.05, 0.1) is 13.2 Å². The highest BCUT2D eigenvalue weighted by molar-refractivity contribution is 6.30. The lowest BCUT2D eigenvalue weighted by atomic mass is 10.3. The monoisotopic (exact) mass is 273 g/mol. The van der Waals surface area contributed by atoms with E-state index in [1.165, 1.54) is 4.90 Å². The fourth-order valence-corrected chi connectivity index (χ4v) is 1.50. The maximum absolute atomic E-state index is 11.7. The highest BCUT2D eigenvalue weighted by Gasteiger charge is 2.12. The number of benzene rings is 1. The van der Waals surface area contributed by atoms with Crippen molar-refractivity contribution in [2.24, 2.45) is 0 Å². The van der Waals surface area contributed by atoms with Crippen molar-refractivity contribution < 1.29 is 19.7 Å². The molecule has 18 heavy (non-hydrogen) atoms. The topological polar surface area (TPSA) is 70.0 Å². The van der Waals surface area contributed by atoms with Crippen LogP contribution in [0.5, 0.6) is 5.75 Å². The zero-order valence-corrected chi connectivity index (χ0v) is 10.6. The molecule has 0 radical (unpaired) electrons. The highest BCUT2D eigenvalue weighted by atomic mass is 35.5. The van der Waals surface area contributed by atoms with Crippen molar-refractivity contribution >= 4 is 17.5 Å². The molecule has 0 unspecified atom stereocenters. The van der Waals surface area contributed by atoms with Crippen LogP contribution in [0, 0.1) is 0 Å². The molecule has 1 aromatic carbocycles. The van der Waals surface area contributed by atoms with Crippen LogP contribution in [0.4, 0.5) is 0 Å². The van der Waals surface area contributed by atoms with Crippen LogP contribution in [0.3, 0.4) is 0 Å². The fourth-order valence-electron chi connectivity index (χ4n) is 1.37. The van der Waals surface area contributed by atoms with E-state index in [0.29, 0.717) is 10.8 Å². The van der Waals surface area contributed by atoms with Crippen molar-refractivity contribution in [2.75, 3.05) is 32.9 Å². The number of rotatable bonds is 7. The number of amides is 1. The summed E-state index contributed by atoms with van der Waals surface area (Å²) in [5, 5.41) is 18.2. The van der Waals surface area contributed by atoms with Crippen molar-refractivity contribution in [3.63, 3.8) is 0 Å². The van der Waals surface area contributed by atoms with E-state index in [-0.39, 0.29) is 38.8 Å². The molecule has 0 heterocycles. The van der Waals surface area contributed by atoms with Gasteiger partial charge in [-0.05, 0) is 24.3 Å². The lowest BCUT2D eigenvalue weighted by Gasteiger charge is -2.20. The second kappa shape index (κ2) is 7.92. The predicted octanol–water partition coefficient (Wildman–Crippen LogP) is 0.532. The van der Waals surface area contributed by atoms with Gasteiger partial charge >= 0.3 is 0 Å². The van der Waals surface area contributed by atoms with E-state index in [4.69, 9.17) is 26.6 Å². The Morgan fingerprint density at radius 1 is 1.17 bits per heavy atom. The first kappa shape index (κ1) is 14.8. The van der Waals surface area contributed by atoms with E-state index in [2.05, 4.69) is 0 Å². The van der Waals surface area contributed by atoms with Gasteiger partial charge in [-0.1, -0.05) is 11.6 Å². The molecule has 5 nitrogen and oxygen atoms in total. The molecular weight excluding hydrogens is 258 g/mol. The molecule has 1 rings (SSSR count). The van der Waals surface area contributed by atoms with Gasteiger partial charge in [-0.2, -0.15) is 0 Å². The van der Waals surface area contributed by atoms with Gasteiger partial charge in [-0.3, -0.25) is 4.79 Å². The Bertz CT molecular complexity index is 363. The molecule has 2 N–H and O–H groups in total. The van der Waals surface area contributed by atoms with Crippen LogP contribution in [-0.2, 0) is 4.79 Å². The Labute approximate surface area is 111 Å². The van der Waals surface area contributed by atoms with Crippen molar-refractivity contribution in [1.82, 2.24) is 4.90 Å². The minimum absolute atomic E-state index is 0.137. The number of carbonyl (C=O) groups is 1. The smallest absolute Gasteiger partial charge is 0.260 e. The number of aliphatic hydroxyl groups is 2. The minimum Gasteiger partial charge on any atom is -0.484 e. The molecule has 0 aliphatic rings. The van der Waals surface area contributed by atoms with Crippen LogP contribution in [0.2, 0.25) is 5.02 Å². The molecule has 0 spiro atoms. The molecule has 0 bridgehead atoms. The van der Waals surface area contributed by atoms with Crippen LogP contribution in [0.1, 0.15) is 0 Å². The van der Waals surface area contributed by atoms with E-state index in [9.17, 15) is 4.79 Å². The van der Waals surface area contributed by atoms with Gasteiger partial charge in [-0.25, -0.2) is 0 Å². The fraction of sp³-hybridized carbons (Fsp3) is 0.417. The average molecular weight is 274 g/mol. The van der Waals surface area contributed by atoms with E-state index < -0.39 is 0 Å². The lowest BCUT2D eigenvalue weighted by Crippen LogP contribution is -2.38. The number of halogens is 1. The molecule has 0 fully saturated rings. The van der Waals surface area contributed by atoms with E-state index in [1.54, 1.807) is 24.3 Å². The maximum atomic E-state index is 11.7. The molecule has 0 aliphatic carbocycles. The zero-order valence-electron chi connectivity index (χ0n) is 9.88. The summed E-state index contributed by atoms with van der Waals surface area (Å²) < 4.78 is 5.28. The Morgan fingerprint density at radius 2 is 1.72 bits per heavy atom.